The molecule has 0 bridgehead atoms. The van der Waals surface area contributed by atoms with E-state index in [-0.39, 0.29) is 0 Å². The molecular weight excluding hydrogens is 176 g/mol. The maximum atomic E-state index is 11.0. The number of rotatable bonds is 5. The van der Waals surface area contributed by atoms with Crippen LogP contribution in [0, 0.1) is 0 Å². The van der Waals surface area contributed by atoms with Crippen molar-refractivity contribution in [2.75, 3.05) is 0 Å². The van der Waals surface area contributed by atoms with Crippen LogP contribution in [0.15, 0.2) is 43.0 Å². The molecule has 0 fully saturated rings. The first-order chi connectivity index (χ1) is 6.75. The molecule has 0 spiro atoms. The fourth-order valence-electron chi connectivity index (χ4n) is 1.40. The van der Waals surface area contributed by atoms with Crippen molar-refractivity contribution in [3.63, 3.8) is 0 Å². The third-order valence-corrected chi connectivity index (χ3v) is 2.16. The van der Waals surface area contributed by atoms with Crippen LogP contribution in [0.3, 0.4) is 0 Å². The number of benzene rings is 1. The van der Waals surface area contributed by atoms with Crippen LogP contribution in [0.4, 0.5) is 0 Å². The SMILES string of the molecule is C=CCC[C@H](C(=O)O)c1ccccc1. The Balaban J connectivity index is 2.78. The zero-order valence-electron chi connectivity index (χ0n) is 8.02. The van der Waals surface area contributed by atoms with Gasteiger partial charge in [-0.2, -0.15) is 0 Å². The summed E-state index contributed by atoms with van der Waals surface area (Å²) < 4.78 is 0. The smallest absolute Gasteiger partial charge is 0.310 e. The standard InChI is InChI=1S/C12H14O2/c1-2-3-9-11(12(13)14)10-7-5-4-6-8-10/h2,4-8,11H,1,3,9H2,(H,13,14)/t11-/m0/s1. The van der Waals surface area contributed by atoms with Gasteiger partial charge in [-0.1, -0.05) is 36.4 Å². The molecule has 0 aliphatic carbocycles. The van der Waals surface area contributed by atoms with E-state index in [4.69, 9.17) is 5.11 Å². The molecule has 0 heterocycles. The summed E-state index contributed by atoms with van der Waals surface area (Å²) in [6.07, 6.45) is 3.09. The van der Waals surface area contributed by atoms with Gasteiger partial charge in [-0.15, -0.1) is 6.58 Å². The molecule has 74 valence electrons. The van der Waals surface area contributed by atoms with E-state index in [1.807, 2.05) is 30.3 Å². The fourth-order valence-corrected chi connectivity index (χ4v) is 1.40. The Kier molecular flexibility index (Phi) is 3.92. The molecule has 14 heavy (non-hydrogen) atoms. The summed E-state index contributed by atoms with van der Waals surface area (Å²) in [6.45, 7) is 3.59. The summed E-state index contributed by atoms with van der Waals surface area (Å²) >= 11 is 0. The Labute approximate surface area is 83.9 Å². The van der Waals surface area contributed by atoms with E-state index in [9.17, 15) is 4.79 Å². The average molecular weight is 190 g/mol. The molecule has 1 N–H and O–H groups in total. The van der Waals surface area contributed by atoms with Crippen LogP contribution in [0.5, 0.6) is 0 Å². The fraction of sp³-hybridized carbons (Fsp3) is 0.250. The van der Waals surface area contributed by atoms with Gasteiger partial charge in [0.15, 0.2) is 0 Å². The molecule has 0 aromatic heterocycles. The van der Waals surface area contributed by atoms with Gasteiger partial charge in [-0.3, -0.25) is 4.79 Å². The Morgan fingerprint density at radius 3 is 2.57 bits per heavy atom. The van der Waals surface area contributed by atoms with Gasteiger partial charge in [-0.05, 0) is 18.4 Å². The quantitative estimate of drug-likeness (QED) is 0.725. The maximum absolute atomic E-state index is 11.0. The molecule has 1 rings (SSSR count). The van der Waals surface area contributed by atoms with Gasteiger partial charge in [0.2, 0.25) is 0 Å². The second-order valence-electron chi connectivity index (χ2n) is 3.17. The minimum absolute atomic E-state index is 0.408. The highest BCUT2D eigenvalue weighted by molar-refractivity contribution is 5.76. The van der Waals surface area contributed by atoms with Crippen LogP contribution >= 0.6 is 0 Å². The number of carboxylic acids is 1. The van der Waals surface area contributed by atoms with Crippen LogP contribution in [0.2, 0.25) is 0 Å². The number of hydrogen-bond acceptors (Lipinski definition) is 1. The lowest BCUT2D eigenvalue weighted by molar-refractivity contribution is -0.138. The van der Waals surface area contributed by atoms with Crippen molar-refractivity contribution in [2.24, 2.45) is 0 Å². The first kappa shape index (κ1) is 10.5. The van der Waals surface area contributed by atoms with E-state index in [2.05, 4.69) is 6.58 Å². The van der Waals surface area contributed by atoms with Crippen molar-refractivity contribution < 1.29 is 9.90 Å². The van der Waals surface area contributed by atoms with Gasteiger partial charge in [0.25, 0.3) is 0 Å². The maximum Gasteiger partial charge on any atom is 0.310 e. The molecule has 1 aromatic carbocycles. The molecule has 0 saturated heterocycles. The normalized spacial score (nSPS) is 12.0. The van der Waals surface area contributed by atoms with Crippen molar-refractivity contribution >= 4 is 5.97 Å². The zero-order valence-corrected chi connectivity index (χ0v) is 8.02. The van der Waals surface area contributed by atoms with Crippen molar-refractivity contribution in [2.45, 2.75) is 18.8 Å². The number of allylic oxidation sites excluding steroid dienone is 1. The van der Waals surface area contributed by atoms with Gasteiger partial charge in [0.1, 0.15) is 0 Å². The van der Waals surface area contributed by atoms with Crippen LogP contribution in [-0.2, 0) is 4.79 Å². The van der Waals surface area contributed by atoms with Crippen molar-refractivity contribution in [3.05, 3.63) is 48.6 Å². The Bertz CT molecular complexity index is 303. The Morgan fingerprint density at radius 1 is 1.43 bits per heavy atom. The van der Waals surface area contributed by atoms with Gasteiger partial charge in [-0.25, -0.2) is 0 Å². The van der Waals surface area contributed by atoms with E-state index in [0.29, 0.717) is 6.42 Å². The van der Waals surface area contributed by atoms with Crippen molar-refractivity contribution in [1.29, 1.82) is 0 Å². The second kappa shape index (κ2) is 5.22. The topological polar surface area (TPSA) is 37.3 Å². The molecule has 0 aliphatic rings. The van der Waals surface area contributed by atoms with Crippen LogP contribution in [0.25, 0.3) is 0 Å². The molecule has 0 radical (unpaired) electrons. The van der Waals surface area contributed by atoms with Crippen LogP contribution in [-0.4, -0.2) is 11.1 Å². The molecule has 1 aromatic rings. The highest BCUT2D eigenvalue weighted by Gasteiger charge is 2.17. The molecule has 2 heteroatoms. The monoisotopic (exact) mass is 190 g/mol. The summed E-state index contributed by atoms with van der Waals surface area (Å²) in [6, 6.07) is 9.30. The molecular formula is C12H14O2. The van der Waals surface area contributed by atoms with Crippen molar-refractivity contribution in [3.8, 4) is 0 Å². The first-order valence-corrected chi connectivity index (χ1v) is 4.64. The predicted molar refractivity (Wildman–Crippen MR) is 56.2 cm³/mol. The average Bonchev–Trinajstić information content (AvgIpc) is 2.19. The highest BCUT2D eigenvalue weighted by atomic mass is 16.4. The van der Waals surface area contributed by atoms with Gasteiger partial charge < -0.3 is 5.11 Å². The van der Waals surface area contributed by atoms with Gasteiger partial charge >= 0.3 is 5.97 Å². The minimum Gasteiger partial charge on any atom is -0.481 e. The Morgan fingerprint density at radius 2 is 2.07 bits per heavy atom. The van der Waals surface area contributed by atoms with Gasteiger partial charge in [0.05, 0.1) is 5.92 Å². The summed E-state index contributed by atoms with van der Waals surface area (Å²) in [5.41, 5.74) is 0.863. The largest absolute Gasteiger partial charge is 0.481 e. The summed E-state index contributed by atoms with van der Waals surface area (Å²) in [5, 5.41) is 9.02. The van der Waals surface area contributed by atoms with E-state index in [0.717, 1.165) is 12.0 Å². The first-order valence-electron chi connectivity index (χ1n) is 4.64. The predicted octanol–water partition coefficient (Wildman–Crippen LogP) is 2.82. The zero-order chi connectivity index (χ0) is 10.4. The molecule has 1 atom stereocenters. The molecule has 0 saturated carbocycles. The third-order valence-electron chi connectivity index (χ3n) is 2.16. The van der Waals surface area contributed by atoms with Gasteiger partial charge in [0, 0.05) is 0 Å². The highest BCUT2D eigenvalue weighted by Crippen LogP contribution is 2.21. The number of aliphatic carboxylic acids is 1. The lowest BCUT2D eigenvalue weighted by Gasteiger charge is -2.10. The lowest BCUT2D eigenvalue weighted by Crippen LogP contribution is -2.11. The van der Waals surface area contributed by atoms with Crippen LogP contribution < -0.4 is 0 Å². The summed E-state index contributed by atoms with van der Waals surface area (Å²) in [7, 11) is 0. The van der Waals surface area contributed by atoms with E-state index >= 15 is 0 Å². The Hall–Kier alpha value is -1.57. The van der Waals surface area contributed by atoms with Crippen molar-refractivity contribution in [1.82, 2.24) is 0 Å². The molecule has 2 nitrogen and oxygen atoms in total. The van der Waals surface area contributed by atoms with Crippen LogP contribution in [0.1, 0.15) is 24.3 Å². The lowest BCUT2D eigenvalue weighted by atomic mass is 9.94. The second-order valence-corrected chi connectivity index (χ2v) is 3.17. The third kappa shape index (κ3) is 2.73. The van der Waals surface area contributed by atoms with E-state index < -0.39 is 11.9 Å². The molecule has 0 amide bonds. The van der Waals surface area contributed by atoms with E-state index in [1.54, 1.807) is 6.08 Å². The number of carbonyl (C=O) groups is 1. The minimum atomic E-state index is -0.766. The summed E-state index contributed by atoms with van der Waals surface area (Å²) in [4.78, 5) is 11.0. The van der Waals surface area contributed by atoms with E-state index in [1.165, 1.54) is 0 Å². The molecule has 0 unspecified atom stereocenters. The molecule has 0 aliphatic heterocycles. The number of carboxylic acid groups (broad SMARTS) is 1. The number of hydrogen-bond donors (Lipinski definition) is 1. The summed E-state index contributed by atoms with van der Waals surface area (Å²) in [5.74, 6) is -1.17.